The van der Waals surface area contributed by atoms with Crippen molar-refractivity contribution in [1.29, 1.82) is 0 Å². The van der Waals surface area contributed by atoms with Gasteiger partial charge in [-0.15, -0.1) is 0 Å². The number of hydrogen-bond donors (Lipinski definition) is 2. The van der Waals surface area contributed by atoms with Gasteiger partial charge in [0.15, 0.2) is 0 Å². The third-order valence-corrected chi connectivity index (χ3v) is 7.72. The molecule has 1 aliphatic carbocycles. The number of pyridine rings is 1. The lowest BCUT2D eigenvalue weighted by atomic mass is 9.88. The molecule has 0 bridgehead atoms. The Morgan fingerprint density at radius 3 is 2.65 bits per heavy atom. The van der Waals surface area contributed by atoms with Gasteiger partial charge >= 0.3 is 0 Å². The van der Waals surface area contributed by atoms with Crippen LogP contribution in [0.2, 0.25) is 0 Å². The van der Waals surface area contributed by atoms with Crippen molar-refractivity contribution >= 4 is 15.9 Å². The number of sulfonamides is 1. The van der Waals surface area contributed by atoms with Crippen LogP contribution < -0.4 is 9.46 Å². The van der Waals surface area contributed by atoms with Crippen LogP contribution in [0.1, 0.15) is 40.6 Å². The molecule has 2 aliphatic rings. The number of carbonyl (C=O) groups is 1. The maximum atomic E-state index is 12.8. The summed E-state index contributed by atoms with van der Waals surface area (Å²) in [5, 5.41) is 11.0. The number of amides is 1. The Balaban J connectivity index is 1.37. The van der Waals surface area contributed by atoms with Gasteiger partial charge < -0.3 is 9.84 Å². The molecular formula is C26H26N2O5S. The summed E-state index contributed by atoms with van der Waals surface area (Å²) in [6, 6.07) is 18.0. The summed E-state index contributed by atoms with van der Waals surface area (Å²) in [6.45, 7) is 0.343. The summed E-state index contributed by atoms with van der Waals surface area (Å²) in [5.41, 5.74) is 3.15. The van der Waals surface area contributed by atoms with Crippen molar-refractivity contribution in [1.82, 2.24) is 9.71 Å². The van der Waals surface area contributed by atoms with Crippen LogP contribution in [-0.2, 0) is 16.4 Å². The van der Waals surface area contributed by atoms with E-state index in [1.807, 2.05) is 24.3 Å². The average Bonchev–Trinajstić information content (AvgIpc) is 3.64. The number of aliphatic hydroxyl groups is 1. The van der Waals surface area contributed by atoms with Gasteiger partial charge in [0.2, 0.25) is 10.0 Å². The molecular weight excluding hydrogens is 452 g/mol. The second kappa shape index (κ2) is 9.19. The first-order valence-corrected chi connectivity index (χ1v) is 13.0. The van der Waals surface area contributed by atoms with Gasteiger partial charge in [-0.1, -0.05) is 36.4 Å². The van der Waals surface area contributed by atoms with Gasteiger partial charge in [0.05, 0.1) is 18.5 Å². The van der Waals surface area contributed by atoms with Gasteiger partial charge in [0.1, 0.15) is 5.75 Å². The fourth-order valence-electron chi connectivity index (χ4n) is 4.34. The predicted octanol–water partition coefficient (Wildman–Crippen LogP) is 3.50. The van der Waals surface area contributed by atoms with Crippen LogP contribution >= 0.6 is 0 Å². The van der Waals surface area contributed by atoms with Crippen LogP contribution in [0.4, 0.5) is 0 Å². The number of aromatic nitrogens is 1. The lowest BCUT2D eigenvalue weighted by molar-refractivity contribution is 0.0503. The van der Waals surface area contributed by atoms with Crippen LogP contribution in [0, 0.1) is 11.8 Å². The number of fused-ring (bicyclic) bond motifs is 1. The monoisotopic (exact) mass is 478 g/mol. The highest BCUT2D eigenvalue weighted by atomic mass is 32.2. The molecule has 0 saturated heterocycles. The Morgan fingerprint density at radius 1 is 1.09 bits per heavy atom. The molecule has 0 radical (unpaired) electrons. The highest BCUT2D eigenvalue weighted by molar-refractivity contribution is 7.90. The van der Waals surface area contributed by atoms with E-state index in [1.165, 1.54) is 0 Å². The first-order valence-electron chi connectivity index (χ1n) is 11.4. The lowest BCUT2D eigenvalue weighted by Gasteiger charge is -2.30. The van der Waals surface area contributed by atoms with E-state index >= 15 is 0 Å². The Labute approximate surface area is 198 Å². The predicted molar refractivity (Wildman–Crippen MR) is 128 cm³/mol. The molecule has 8 heteroatoms. The first-order chi connectivity index (χ1) is 16.4. The molecule has 2 aromatic carbocycles. The molecule has 3 aromatic rings. The summed E-state index contributed by atoms with van der Waals surface area (Å²) < 4.78 is 32.8. The van der Waals surface area contributed by atoms with Crippen molar-refractivity contribution in [3.63, 3.8) is 0 Å². The summed E-state index contributed by atoms with van der Waals surface area (Å²) in [5.74, 6) is -0.0936. The van der Waals surface area contributed by atoms with E-state index in [0.29, 0.717) is 35.5 Å². The number of rotatable bonds is 7. The van der Waals surface area contributed by atoms with Gasteiger partial charge in [0, 0.05) is 28.9 Å². The van der Waals surface area contributed by atoms with E-state index in [-0.39, 0.29) is 23.2 Å². The summed E-state index contributed by atoms with van der Waals surface area (Å²) in [6.07, 6.45) is 3.40. The number of carbonyl (C=O) groups excluding carboxylic acids is 1. The van der Waals surface area contributed by atoms with Crippen LogP contribution in [0.15, 0.2) is 66.9 Å². The smallest absolute Gasteiger partial charge is 0.265 e. The highest BCUT2D eigenvalue weighted by Crippen LogP contribution is 2.39. The summed E-state index contributed by atoms with van der Waals surface area (Å²) in [7, 11) is -3.68. The van der Waals surface area contributed by atoms with Crippen LogP contribution in [-0.4, -0.2) is 36.8 Å². The van der Waals surface area contributed by atoms with Gasteiger partial charge in [-0.25, -0.2) is 13.1 Å². The number of benzene rings is 2. The molecule has 1 fully saturated rings. The van der Waals surface area contributed by atoms with Crippen molar-refractivity contribution in [3.05, 3.63) is 83.7 Å². The van der Waals surface area contributed by atoms with E-state index in [9.17, 15) is 18.3 Å². The topological polar surface area (TPSA) is 106 Å². The molecule has 0 spiro atoms. The van der Waals surface area contributed by atoms with Crippen LogP contribution in [0.25, 0.3) is 11.1 Å². The number of hydrogen-bond acceptors (Lipinski definition) is 6. The second-order valence-electron chi connectivity index (χ2n) is 9.00. The van der Waals surface area contributed by atoms with Gasteiger partial charge in [-0.05, 0) is 60.6 Å². The Morgan fingerprint density at radius 2 is 1.88 bits per heavy atom. The Bertz CT molecular complexity index is 1310. The molecule has 2 unspecified atom stereocenters. The quantitative estimate of drug-likeness (QED) is 0.538. The molecule has 1 aromatic heterocycles. The zero-order valence-electron chi connectivity index (χ0n) is 18.6. The molecule has 34 heavy (non-hydrogen) atoms. The maximum Gasteiger partial charge on any atom is 0.265 e. The van der Waals surface area contributed by atoms with Crippen LogP contribution in [0.3, 0.4) is 0 Å². The van der Waals surface area contributed by atoms with E-state index in [2.05, 4.69) is 9.71 Å². The fourth-order valence-corrected chi connectivity index (χ4v) is 5.77. The Kier molecular flexibility index (Phi) is 6.10. The fraction of sp³-hybridized carbons (Fsp3) is 0.308. The standard InChI is InChI=1S/C26H26N2O5S/c29-25-19(13-20-5-3-4-12-27-20)15-33-24-14-18(10-11-23(24)25)21-6-1-2-7-22(21)26(30)28-34(31,32)16-17-8-9-17/h1-7,10-12,14,17,19,25,29H,8-9,13,15-16H2,(H,28,30). The van der Waals surface area contributed by atoms with Gasteiger partial charge in [-0.2, -0.15) is 0 Å². The Hall–Kier alpha value is -3.23. The van der Waals surface area contributed by atoms with Crippen molar-refractivity contribution in [2.24, 2.45) is 11.8 Å². The summed E-state index contributed by atoms with van der Waals surface area (Å²) in [4.78, 5) is 17.2. The molecule has 1 amide bonds. The van der Waals surface area contributed by atoms with Crippen molar-refractivity contribution in [3.8, 4) is 16.9 Å². The molecule has 2 atom stereocenters. The van der Waals surface area contributed by atoms with Crippen LogP contribution in [0.5, 0.6) is 5.75 Å². The highest BCUT2D eigenvalue weighted by Gasteiger charge is 2.31. The SMILES string of the molecule is O=C(NS(=O)(=O)CC1CC1)c1ccccc1-c1ccc2c(c1)OCC(Cc1ccccn1)C2O. The molecule has 1 saturated carbocycles. The largest absolute Gasteiger partial charge is 0.493 e. The van der Waals surface area contributed by atoms with Crippen molar-refractivity contribution in [2.45, 2.75) is 25.4 Å². The van der Waals surface area contributed by atoms with Crippen molar-refractivity contribution < 1.29 is 23.1 Å². The van der Waals surface area contributed by atoms with Gasteiger partial charge in [-0.3, -0.25) is 9.78 Å². The third-order valence-electron chi connectivity index (χ3n) is 6.31. The molecule has 7 nitrogen and oxygen atoms in total. The molecule has 2 heterocycles. The molecule has 176 valence electrons. The summed E-state index contributed by atoms with van der Waals surface area (Å²) >= 11 is 0. The normalized spacial score (nSPS) is 19.7. The van der Waals surface area contributed by atoms with E-state index < -0.39 is 22.0 Å². The lowest BCUT2D eigenvalue weighted by Crippen LogP contribution is -2.33. The second-order valence-corrected chi connectivity index (χ2v) is 10.8. The zero-order valence-corrected chi connectivity index (χ0v) is 19.4. The van der Waals surface area contributed by atoms with E-state index in [1.54, 1.807) is 42.6 Å². The number of nitrogens with zero attached hydrogens (tertiary/aromatic N) is 1. The molecule has 1 aliphatic heterocycles. The minimum atomic E-state index is -3.68. The van der Waals surface area contributed by atoms with E-state index in [0.717, 1.165) is 18.5 Å². The first kappa shape index (κ1) is 22.6. The minimum Gasteiger partial charge on any atom is -0.493 e. The molecule has 5 rings (SSSR count). The third kappa shape index (κ3) is 4.98. The maximum absolute atomic E-state index is 12.8. The number of ether oxygens (including phenoxy) is 1. The molecule has 2 N–H and O–H groups in total. The number of aliphatic hydroxyl groups excluding tert-OH is 1. The number of nitrogens with one attached hydrogen (secondary N) is 1. The zero-order chi connectivity index (χ0) is 23.7. The van der Waals surface area contributed by atoms with E-state index in [4.69, 9.17) is 4.74 Å². The minimum absolute atomic E-state index is 0.0227. The van der Waals surface area contributed by atoms with Gasteiger partial charge in [0.25, 0.3) is 5.91 Å². The average molecular weight is 479 g/mol. The van der Waals surface area contributed by atoms with Crippen molar-refractivity contribution in [2.75, 3.05) is 12.4 Å².